The summed E-state index contributed by atoms with van der Waals surface area (Å²) in [6.07, 6.45) is 13.7. The number of unbranched alkanes of at least 4 members (excludes halogenated alkanes) is 8. The predicted octanol–water partition coefficient (Wildman–Crippen LogP) is 5.32. The van der Waals surface area contributed by atoms with Crippen molar-refractivity contribution in [1.29, 1.82) is 0 Å². The van der Waals surface area contributed by atoms with E-state index in [2.05, 4.69) is 38.0 Å². The van der Waals surface area contributed by atoms with Gasteiger partial charge in [-0.25, -0.2) is 0 Å². The zero-order chi connectivity index (χ0) is 14.8. The first-order valence-electron chi connectivity index (χ1n) is 8.90. The molecule has 0 amide bonds. The van der Waals surface area contributed by atoms with Crippen LogP contribution in [0.15, 0.2) is 4.99 Å². The lowest BCUT2D eigenvalue weighted by atomic mass is 9.89. The topological polar surface area (TPSA) is 24.4 Å². The van der Waals surface area contributed by atoms with Gasteiger partial charge >= 0.3 is 0 Å². The molecule has 2 nitrogen and oxygen atoms in total. The largest absolute Gasteiger partial charge is 0.367 e. The van der Waals surface area contributed by atoms with Crippen LogP contribution in [0.5, 0.6) is 0 Å². The van der Waals surface area contributed by atoms with Gasteiger partial charge in [-0.2, -0.15) is 0 Å². The van der Waals surface area contributed by atoms with Crippen LogP contribution < -0.4 is 5.32 Å². The highest BCUT2D eigenvalue weighted by Gasteiger charge is 2.32. The van der Waals surface area contributed by atoms with Gasteiger partial charge in [0.2, 0.25) is 0 Å². The summed E-state index contributed by atoms with van der Waals surface area (Å²) in [4.78, 5) is 4.68. The second-order valence-electron chi connectivity index (χ2n) is 7.04. The molecule has 0 aromatic rings. The molecule has 0 aliphatic carbocycles. The highest BCUT2D eigenvalue weighted by atomic mass is 15.1. The van der Waals surface area contributed by atoms with Crippen molar-refractivity contribution < 1.29 is 0 Å². The normalized spacial score (nSPS) is 22.1. The molecule has 1 aliphatic rings. The number of nitrogens with zero attached hydrogens (tertiary/aromatic N) is 1. The van der Waals surface area contributed by atoms with Gasteiger partial charge in [-0.15, -0.1) is 0 Å². The third kappa shape index (κ3) is 6.28. The van der Waals surface area contributed by atoms with Crippen molar-refractivity contribution in [2.45, 2.75) is 97.4 Å². The Hall–Kier alpha value is -0.530. The molecular formula is C18H36N2. The summed E-state index contributed by atoms with van der Waals surface area (Å²) in [6, 6.07) is 0. The van der Waals surface area contributed by atoms with E-state index in [0.29, 0.717) is 5.92 Å². The van der Waals surface area contributed by atoms with Crippen LogP contribution in [0.3, 0.4) is 0 Å². The van der Waals surface area contributed by atoms with E-state index in [9.17, 15) is 0 Å². The second-order valence-corrected chi connectivity index (χ2v) is 7.04. The smallest absolute Gasteiger partial charge is 0.0969 e. The molecule has 1 N–H and O–H groups in total. The van der Waals surface area contributed by atoms with Gasteiger partial charge < -0.3 is 5.32 Å². The minimum absolute atomic E-state index is 0.203. The Kier molecular flexibility index (Phi) is 8.25. The second kappa shape index (κ2) is 9.41. The highest BCUT2D eigenvalue weighted by Crippen LogP contribution is 2.22. The fourth-order valence-corrected chi connectivity index (χ4v) is 2.74. The van der Waals surface area contributed by atoms with Crippen molar-refractivity contribution in [2.75, 3.05) is 6.54 Å². The minimum Gasteiger partial charge on any atom is -0.367 e. The monoisotopic (exact) mass is 280 g/mol. The first kappa shape index (κ1) is 17.5. The SMILES string of the molecule is CCCCCCCCCCCC1=NCC(C)(C(C)C)N1. The molecule has 0 radical (unpaired) electrons. The molecule has 0 aromatic heterocycles. The summed E-state index contributed by atoms with van der Waals surface area (Å²) >= 11 is 0. The van der Waals surface area contributed by atoms with Crippen LogP contribution in [0.4, 0.5) is 0 Å². The van der Waals surface area contributed by atoms with Crippen molar-refractivity contribution >= 4 is 5.84 Å². The maximum Gasteiger partial charge on any atom is 0.0969 e. The van der Waals surface area contributed by atoms with Crippen LogP contribution in [0.1, 0.15) is 91.9 Å². The van der Waals surface area contributed by atoms with Crippen LogP contribution in [0, 0.1) is 5.92 Å². The third-order valence-electron chi connectivity index (χ3n) is 4.82. The molecule has 1 heterocycles. The van der Waals surface area contributed by atoms with Crippen molar-refractivity contribution in [3.63, 3.8) is 0 Å². The average Bonchev–Trinajstić information content (AvgIpc) is 2.80. The molecule has 0 saturated heterocycles. The third-order valence-corrected chi connectivity index (χ3v) is 4.82. The molecule has 1 unspecified atom stereocenters. The van der Waals surface area contributed by atoms with Gasteiger partial charge in [-0.3, -0.25) is 4.99 Å². The predicted molar refractivity (Wildman–Crippen MR) is 90.5 cm³/mol. The standard InChI is InChI=1S/C18H36N2/c1-5-6-7-8-9-10-11-12-13-14-17-19-15-18(4,20-17)16(2)3/h16H,5-15H2,1-4H3,(H,19,20). The number of amidine groups is 1. The molecule has 118 valence electrons. The van der Waals surface area contributed by atoms with E-state index in [0.717, 1.165) is 13.0 Å². The molecular weight excluding hydrogens is 244 g/mol. The fourth-order valence-electron chi connectivity index (χ4n) is 2.74. The van der Waals surface area contributed by atoms with Crippen molar-refractivity contribution in [3.05, 3.63) is 0 Å². The molecule has 1 aliphatic heterocycles. The molecule has 1 rings (SSSR count). The van der Waals surface area contributed by atoms with Crippen LogP contribution in [-0.2, 0) is 0 Å². The number of aliphatic imine (C=N–C) groups is 1. The lowest BCUT2D eigenvalue weighted by Crippen LogP contribution is -2.47. The first-order valence-corrected chi connectivity index (χ1v) is 8.90. The van der Waals surface area contributed by atoms with E-state index in [1.165, 1.54) is 63.6 Å². The summed E-state index contributed by atoms with van der Waals surface area (Å²) in [7, 11) is 0. The summed E-state index contributed by atoms with van der Waals surface area (Å²) in [5.41, 5.74) is 0.203. The van der Waals surface area contributed by atoms with Crippen molar-refractivity contribution in [3.8, 4) is 0 Å². The Balaban J connectivity index is 1.95. The van der Waals surface area contributed by atoms with Crippen molar-refractivity contribution in [1.82, 2.24) is 5.32 Å². The van der Waals surface area contributed by atoms with Gasteiger partial charge in [0.25, 0.3) is 0 Å². The number of hydrogen-bond donors (Lipinski definition) is 1. The Bertz CT molecular complexity index is 283. The van der Waals surface area contributed by atoms with E-state index in [1.807, 2.05) is 0 Å². The van der Waals surface area contributed by atoms with E-state index < -0.39 is 0 Å². The number of nitrogens with one attached hydrogen (secondary N) is 1. The molecule has 0 fully saturated rings. The summed E-state index contributed by atoms with van der Waals surface area (Å²) in [6.45, 7) is 10.1. The Morgan fingerprint density at radius 1 is 1.00 bits per heavy atom. The maximum absolute atomic E-state index is 4.68. The summed E-state index contributed by atoms with van der Waals surface area (Å²) < 4.78 is 0. The minimum atomic E-state index is 0.203. The van der Waals surface area contributed by atoms with E-state index in [-0.39, 0.29) is 5.54 Å². The molecule has 0 spiro atoms. The Morgan fingerprint density at radius 3 is 2.05 bits per heavy atom. The van der Waals surface area contributed by atoms with Crippen LogP contribution in [-0.4, -0.2) is 17.9 Å². The Labute approximate surface area is 126 Å². The van der Waals surface area contributed by atoms with Crippen LogP contribution in [0.25, 0.3) is 0 Å². The lowest BCUT2D eigenvalue weighted by molar-refractivity contribution is 0.330. The number of hydrogen-bond acceptors (Lipinski definition) is 2. The van der Waals surface area contributed by atoms with E-state index in [1.54, 1.807) is 0 Å². The number of rotatable bonds is 11. The van der Waals surface area contributed by atoms with Gasteiger partial charge in [0.15, 0.2) is 0 Å². The molecule has 0 saturated carbocycles. The van der Waals surface area contributed by atoms with Gasteiger partial charge in [0, 0.05) is 6.42 Å². The molecule has 20 heavy (non-hydrogen) atoms. The van der Waals surface area contributed by atoms with E-state index in [4.69, 9.17) is 0 Å². The molecule has 0 aromatic carbocycles. The molecule has 0 bridgehead atoms. The van der Waals surface area contributed by atoms with Crippen molar-refractivity contribution in [2.24, 2.45) is 10.9 Å². The first-order chi connectivity index (χ1) is 9.58. The maximum atomic E-state index is 4.68. The zero-order valence-corrected chi connectivity index (χ0v) is 14.3. The molecule has 2 heteroatoms. The highest BCUT2D eigenvalue weighted by molar-refractivity contribution is 5.84. The lowest BCUT2D eigenvalue weighted by Gasteiger charge is -2.29. The zero-order valence-electron chi connectivity index (χ0n) is 14.3. The summed E-state index contributed by atoms with van der Waals surface area (Å²) in [5.74, 6) is 1.90. The van der Waals surface area contributed by atoms with Gasteiger partial charge in [-0.05, 0) is 19.3 Å². The summed E-state index contributed by atoms with van der Waals surface area (Å²) in [5, 5.41) is 3.64. The van der Waals surface area contributed by atoms with E-state index >= 15 is 0 Å². The molecule has 1 atom stereocenters. The Morgan fingerprint density at radius 2 is 1.55 bits per heavy atom. The van der Waals surface area contributed by atoms with Gasteiger partial charge in [-0.1, -0.05) is 72.1 Å². The fraction of sp³-hybridized carbons (Fsp3) is 0.944. The van der Waals surface area contributed by atoms with Crippen LogP contribution >= 0.6 is 0 Å². The quantitative estimate of drug-likeness (QED) is 0.509. The van der Waals surface area contributed by atoms with Gasteiger partial charge in [0.05, 0.1) is 17.9 Å². The van der Waals surface area contributed by atoms with Gasteiger partial charge in [0.1, 0.15) is 0 Å². The average molecular weight is 280 g/mol. The van der Waals surface area contributed by atoms with Crippen LogP contribution in [0.2, 0.25) is 0 Å².